The van der Waals surface area contributed by atoms with Crippen molar-refractivity contribution >= 4 is 45.4 Å². The second kappa shape index (κ2) is 6.44. The molecule has 2 nitrogen and oxygen atoms in total. The fraction of sp³-hybridized carbons (Fsp3) is 0.538. The van der Waals surface area contributed by atoms with E-state index in [2.05, 4.69) is 51.1 Å². The molecule has 0 aromatic heterocycles. The van der Waals surface area contributed by atoms with Gasteiger partial charge in [0.25, 0.3) is 0 Å². The Balaban J connectivity index is 1.97. The predicted molar refractivity (Wildman–Crippen MR) is 87.6 cm³/mol. The quantitative estimate of drug-likeness (QED) is 0.630. The molecule has 0 bridgehead atoms. The van der Waals surface area contributed by atoms with Gasteiger partial charge >= 0.3 is 0 Å². The highest BCUT2D eigenvalue weighted by atomic mass is 79.9. The molecule has 1 aromatic carbocycles. The summed E-state index contributed by atoms with van der Waals surface area (Å²) in [6.45, 7) is 0.848. The third kappa shape index (κ3) is 3.75. The van der Waals surface area contributed by atoms with Crippen LogP contribution < -0.4 is 11.1 Å². The molecule has 1 aliphatic carbocycles. The smallest absolute Gasteiger partial charge is 0.105 e. The summed E-state index contributed by atoms with van der Waals surface area (Å²) in [4.78, 5) is 0. The molecule has 3 N–H and O–H groups in total. The monoisotopic (exact) mass is 372 g/mol. The van der Waals surface area contributed by atoms with Gasteiger partial charge in [0, 0.05) is 21.5 Å². The van der Waals surface area contributed by atoms with Crippen molar-refractivity contribution in [3.05, 3.63) is 26.6 Å². The number of hydrogen-bond acceptors (Lipinski definition) is 2. The number of benzene rings is 1. The first kappa shape index (κ1) is 14.4. The standard InChI is InChI=1S/C13H19BBr2N2/c14-9-2-1-3-11(5-9)18-7-8-4-10(15)6-12(16)13(8)17/h4,6,9,11,18H,1-3,5,7,14,17H2. The first-order valence-corrected chi connectivity index (χ1v) is 8.11. The van der Waals surface area contributed by atoms with Gasteiger partial charge in [-0.2, -0.15) is 0 Å². The molecule has 98 valence electrons. The second-order valence-electron chi connectivity index (χ2n) is 5.31. The summed E-state index contributed by atoms with van der Waals surface area (Å²) in [6, 6.07) is 4.73. The lowest BCUT2D eigenvalue weighted by Crippen LogP contribution is -2.32. The first-order chi connectivity index (χ1) is 8.56. The Kier molecular flexibility index (Phi) is 5.16. The van der Waals surface area contributed by atoms with Gasteiger partial charge in [-0.3, -0.25) is 0 Å². The van der Waals surface area contributed by atoms with Crippen LogP contribution in [0.15, 0.2) is 21.1 Å². The van der Waals surface area contributed by atoms with Crippen molar-refractivity contribution in [2.75, 3.05) is 5.73 Å². The Morgan fingerprint density at radius 3 is 2.83 bits per heavy atom. The van der Waals surface area contributed by atoms with E-state index in [-0.39, 0.29) is 0 Å². The Morgan fingerprint density at radius 1 is 1.33 bits per heavy atom. The molecule has 0 radical (unpaired) electrons. The lowest BCUT2D eigenvalue weighted by Gasteiger charge is -2.28. The highest BCUT2D eigenvalue weighted by Crippen LogP contribution is 2.29. The highest BCUT2D eigenvalue weighted by Gasteiger charge is 2.18. The van der Waals surface area contributed by atoms with Crippen LogP contribution in [0.3, 0.4) is 0 Å². The molecular weight excluding hydrogens is 355 g/mol. The number of nitrogen functional groups attached to an aromatic ring is 1. The minimum Gasteiger partial charge on any atom is -0.398 e. The lowest BCUT2D eigenvalue weighted by molar-refractivity contribution is 0.373. The van der Waals surface area contributed by atoms with Gasteiger partial charge in [0.2, 0.25) is 0 Å². The topological polar surface area (TPSA) is 38.0 Å². The van der Waals surface area contributed by atoms with Gasteiger partial charge in [0.15, 0.2) is 0 Å². The van der Waals surface area contributed by atoms with Crippen molar-refractivity contribution in [3.8, 4) is 0 Å². The molecular formula is C13H19BBr2N2. The summed E-state index contributed by atoms with van der Waals surface area (Å²) in [6.07, 6.45) is 5.30. The van der Waals surface area contributed by atoms with Crippen LogP contribution in [0.5, 0.6) is 0 Å². The molecule has 2 atom stereocenters. The molecule has 1 aliphatic rings. The van der Waals surface area contributed by atoms with E-state index in [9.17, 15) is 0 Å². The molecule has 2 unspecified atom stereocenters. The van der Waals surface area contributed by atoms with Crippen LogP contribution in [0.25, 0.3) is 0 Å². The summed E-state index contributed by atoms with van der Waals surface area (Å²) in [5, 5.41) is 3.64. The van der Waals surface area contributed by atoms with Crippen LogP contribution >= 0.6 is 31.9 Å². The fourth-order valence-corrected chi connectivity index (χ4v) is 3.97. The maximum absolute atomic E-state index is 6.09. The minimum absolute atomic E-state index is 0.644. The van der Waals surface area contributed by atoms with Crippen LogP contribution in [0.1, 0.15) is 31.2 Å². The van der Waals surface area contributed by atoms with E-state index in [4.69, 9.17) is 5.73 Å². The van der Waals surface area contributed by atoms with Crippen molar-refractivity contribution in [3.63, 3.8) is 0 Å². The molecule has 1 fully saturated rings. The number of rotatable bonds is 3. The van der Waals surface area contributed by atoms with E-state index in [0.29, 0.717) is 6.04 Å². The zero-order valence-corrected chi connectivity index (χ0v) is 13.9. The van der Waals surface area contributed by atoms with E-state index in [0.717, 1.165) is 32.6 Å². The van der Waals surface area contributed by atoms with Crippen LogP contribution in [-0.4, -0.2) is 13.9 Å². The molecule has 5 heteroatoms. The maximum atomic E-state index is 6.09. The van der Waals surface area contributed by atoms with Gasteiger partial charge in [-0.05, 0) is 46.5 Å². The molecule has 18 heavy (non-hydrogen) atoms. The lowest BCUT2D eigenvalue weighted by atomic mass is 9.73. The zero-order valence-electron chi connectivity index (χ0n) is 10.7. The van der Waals surface area contributed by atoms with Gasteiger partial charge in [0.05, 0.1) is 5.69 Å². The number of hydrogen-bond donors (Lipinski definition) is 2. The maximum Gasteiger partial charge on any atom is 0.105 e. The Morgan fingerprint density at radius 2 is 2.11 bits per heavy atom. The number of nitrogens with two attached hydrogens (primary N) is 1. The molecule has 1 saturated carbocycles. The Bertz CT molecular complexity index is 426. The number of halogens is 2. The zero-order chi connectivity index (χ0) is 13.1. The molecule has 1 aromatic rings. The van der Waals surface area contributed by atoms with E-state index in [1.54, 1.807) is 0 Å². The summed E-state index contributed by atoms with van der Waals surface area (Å²) >= 11 is 7.00. The number of nitrogens with one attached hydrogen (secondary N) is 1. The van der Waals surface area contributed by atoms with E-state index < -0.39 is 0 Å². The van der Waals surface area contributed by atoms with Crippen molar-refractivity contribution in [1.82, 2.24) is 5.32 Å². The molecule has 2 rings (SSSR count). The molecule has 0 spiro atoms. The Labute approximate surface area is 127 Å². The SMILES string of the molecule is BC1CCCC(NCc2cc(Br)cc(Br)c2N)C1. The van der Waals surface area contributed by atoms with E-state index in [1.165, 1.54) is 25.7 Å². The summed E-state index contributed by atoms with van der Waals surface area (Å²) in [7, 11) is 2.35. The van der Waals surface area contributed by atoms with Gasteiger partial charge in [-0.25, -0.2) is 0 Å². The summed E-state index contributed by atoms with van der Waals surface area (Å²) in [5.74, 6) is 0.850. The van der Waals surface area contributed by atoms with E-state index >= 15 is 0 Å². The van der Waals surface area contributed by atoms with Crippen molar-refractivity contribution < 1.29 is 0 Å². The fourth-order valence-electron chi connectivity index (χ4n) is 2.66. The molecule has 0 aliphatic heterocycles. The van der Waals surface area contributed by atoms with Gasteiger partial charge in [0.1, 0.15) is 7.85 Å². The van der Waals surface area contributed by atoms with Crippen LogP contribution in [-0.2, 0) is 6.54 Å². The third-order valence-electron chi connectivity index (χ3n) is 3.70. The van der Waals surface area contributed by atoms with Crippen LogP contribution in [0.2, 0.25) is 5.82 Å². The molecule has 0 heterocycles. The highest BCUT2D eigenvalue weighted by molar-refractivity contribution is 9.11. The van der Waals surface area contributed by atoms with Crippen LogP contribution in [0, 0.1) is 0 Å². The van der Waals surface area contributed by atoms with E-state index in [1.807, 2.05) is 6.07 Å². The summed E-state index contributed by atoms with van der Waals surface area (Å²) < 4.78 is 2.03. The predicted octanol–water partition coefficient (Wildman–Crippen LogP) is 3.25. The van der Waals surface area contributed by atoms with Crippen molar-refractivity contribution in [2.45, 2.75) is 44.1 Å². The minimum atomic E-state index is 0.644. The van der Waals surface area contributed by atoms with Gasteiger partial charge < -0.3 is 11.1 Å². The van der Waals surface area contributed by atoms with Crippen molar-refractivity contribution in [1.29, 1.82) is 0 Å². The van der Waals surface area contributed by atoms with Gasteiger partial charge in [-0.1, -0.05) is 34.6 Å². The largest absolute Gasteiger partial charge is 0.398 e. The number of anilines is 1. The first-order valence-electron chi connectivity index (χ1n) is 6.53. The van der Waals surface area contributed by atoms with Gasteiger partial charge in [-0.15, -0.1) is 0 Å². The van der Waals surface area contributed by atoms with Crippen LogP contribution in [0.4, 0.5) is 5.69 Å². The van der Waals surface area contributed by atoms with Crippen molar-refractivity contribution in [2.24, 2.45) is 0 Å². The second-order valence-corrected chi connectivity index (χ2v) is 7.08. The summed E-state index contributed by atoms with van der Waals surface area (Å²) in [5.41, 5.74) is 8.09. The Hall–Kier alpha value is 0.00494. The molecule has 0 amide bonds. The molecule has 0 saturated heterocycles. The normalized spacial score (nSPS) is 24.1. The average molecular weight is 374 g/mol. The average Bonchev–Trinajstić information content (AvgIpc) is 2.32. The third-order valence-corrected chi connectivity index (χ3v) is 4.81.